The molecule has 1 fully saturated rings. The summed E-state index contributed by atoms with van der Waals surface area (Å²) < 4.78 is 12.1. The number of nitrogens with zero attached hydrogens (tertiary/aromatic N) is 2. The maximum atomic E-state index is 11.7. The van der Waals surface area contributed by atoms with E-state index in [4.69, 9.17) is 15.2 Å². The van der Waals surface area contributed by atoms with Crippen LogP contribution in [0.15, 0.2) is 17.1 Å². The first kappa shape index (κ1) is 15.6. The highest BCUT2D eigenvalue weighted by Gasteiger charge is 2.29. The van der Waals surface area contributed by atoms with Gasteiger partial charge in [-0.05, 0) is 12.5 Å². The number of hydrogen-bond donors (Lipinski definition) is 2. The van der Waals surface area contributed by atoms with E-state index >= 15 is 0 Å². The Balaban J connectivity index is 1.83. The first-order valence-electron chi connectivity index (χ1n) is 6.62. The average Bonchev–Trinajstić information content (AvgIpc) is 2.91. The van der Waals surface area contributed by atoms with Crippen molar-refractivity contribution >= 4 is 23.7 Å². The van der Waals surface area contributed by atoms with Gasteiger partial charge in [0, 0.05) is 18.5 Å². The van der Waals surface area contributed by atoms with Gasteiger partial charge in [-0.2, -0.15) is 4.98 Å². The van der Waals surface area contributed by atoms with E-state index in [1.807, 2.05) is 6.92 Å². The Kier molecular flexibility index (Phi) is 5.45. The number of carbonyl (C=O) groups excluding carboxylic acids is 1. The van der Waals surface area contributed by atoms with Gasteiger partial charge in [0.2, 0.25) is 0 Å². The number of aromatic nitrogens is 2. The van der Waals surface area contributed by atoms with Crippen LogP contribution in [0.3, 0.4) is 0 Å². The molecule has 3 N–H and O–H groups in total. The van der Waals surface area contributed by atoms with Gasteiger partial charge in [0.05, 0.1) is 0 Å². The number of nitrogens with two attached hydrogens (primary N) is 1. The molecule has 1 aromatic heterocycles. The second-order valence-corrected chi connectivity index (χ2v) is 5.61. The molecule has 0 aromatic carbocycles. The van der Waals surface area contributed by atoms with Gasteiger partial charge >= 0.3 is 11.8 Å². The summed E-state index contributed by atoms with van der Waals surface area (Å²) >= 11 is 1.48. The molecule has 2 heterocycles. The predicted molar refractivity (Wildman–Crippen MR) is 78.9 cm³/mol. The fourth-order valence-electron chi connectivity index (χ4n) is 1.74. The first-order valence-corrected chi connectivity index (χ1v) is 7.67. The third kappa shape index (κ3) is 4.36. The number of carbonyl (C=O) groups is 1. The third-order valence-electron chi connectivity index (χ3n) is 2.77. The summed E-state index contributed by atoms with van der Waals surface area (Å²) in [7, 11) is 0. The SMILES string of the molecule is CCCNC(=O)OC[C@@H]1O[C@H](n2ccc(N)nc2=O)CS1. The van der Waals surface area contributed by atoms with Crippen LogP contribution in [0.4, 0.5) is 10.6 Å². The summed E-state index contributed by atoms with van der Waals surface area (Å²) in [5.74, 6) is 0.755. The molecular weight excluding hydrogens is 296 g/mol. The summed E-state index contributed by atoms with van der Waals surface area (Å²) in [4.78, 5) is 26.7. The van der Waals surface area contributed by atoms with Crippen molar-refractivity contribution < 1.29 is 14.3 Å². The van der Waals surface area contributed by atoms with Crippen molar-refractivity contribution in [3.8, 4) is 0 Å². The molecule has 8 nitrogen and oxygen atoms in total. The van der Waals surface area contributed by atoms with Crippen LogP contribution < -0.4 is 16.7 Å². The highest BCUT2D eigenvalue weighted by molar-refractivity contribution is 8.00. The minimum atomic E-state index is -0.462. The average molecular weight is 314 g/mol. The van der Waals surface area contributed by atoms with Crippen molar-refractivity contribution in [2.45, 2.75) is 25.0 Å². The summed E-state index contributed by atoms with van der Waals surface area (Å²) in [5, 5.41) is 2.61. The van der Waals surface area contributed by atoms with E-state index in [0.29, 0.717) is 12.3 Å². The third-order valence-corrected chi connectivity index (χ3v) is 3.86. The summed E-state index contributed by atoms with van der Waals surface area (Å²) in [6.07, 6.45) is 1.50. The van der Waals surface area contributed by atoms with Crippen LogP contribution >= 0.6 is 11.8 Å². The molecular formula is C12H18N4O4S. The number of anilines is 1. The van der Waals surface area contributed by atoms with Crippen molar-refractivity contribution in [1.29, 1.82) is 0 Å². The Labute approximate surface area is 126 Å². The fourth-order valence-corrected chi connectivity index (χ4v) is 2.73. The van der Waals surface area contributed by atoms with Gasteiger partial charge in [-0.25, -0.2) is 9.59 Å². The molecule has 0 spiro atoms. The highest BCUT2D eigenvalue weighted by atomic mass is 32.2. The lowest BCUT2D eigenvalue weighted by Gasteiger charge is -2.14. The number of hydrogen-bond acceptors (Lipinski definition) is 7. The molecule has 0 bridgehead atoms. The molecule has 2 rings (SSSR count). The Morgan fingerprint density at radius 1 is 1.71 bits per heavy atom. The number of nitrogens with one attached hydrogen (secondary N) is 1. The molecule has 1 amide bonds. The van der Waals surface area contributed by atoms with Crippen molar-refractivity contribution in [3.05, 3.63) is 22.7 Å². The number of thioether (sulfide) groups is 1. The smallest absolute Gasteiger partial charge is 0.407 e. The summed E-state index contributed by atoms with van der Waals surface area (Å²) in [6.45, 7) is 2.67. The molecule has 1 saturated heterocycles. The lowest BCUT2D eigenvalue weighted by molar-refractivity contribution is -0.0105. The van der Waals surface area contributed by atoms with Crippen molar-refractivity contribution in [3.63, 3.8) is 0 Å². The number of alkyl carbamates (subject to hydrolysis) is 1. The monoisotopic (exact) mass is 314 g/mol. The maximum Gasteiger partial charge on any atom is 0.407 e. The molecule has 0 unspecified atom stereocenters. The minimum absolute atomic E-state index is 0.133. The van der Waals surface area contributed by atoms with Gasteiger partial charge in [-0.1, -0.05) is 6.92 Å². The normalized spacial score (nSPS) is 21.2. The van der Waals surface area contributed by atoms with Gasteiger partial charge in [0.15, 0.2) is 0 Å². The molecule has 116 valence electrons. The van der Waals surface area contributed by atoms with Gasteiger partial charge in [-0.3, -0.25) is 4.57 Å². The maximum absolute atomic E-state index is 11.7. The van der Waals surface area contributed by atoms with Crippen LogP contribution in [0, 0.1) is 0 Å². The molecule has 9 heteroatoms. The molecule has 0 saturated carbocycles. The zero-order valence-electron chi connectivity index (χ0n) is 11.7. The standard InChI is InChI=1S/C12H18N4O4S/c1-2-4-14-12(18)19-6-10-20-9(7-21-10)16-5-3-8(13)15-11(16)17/h3,5,9-10H,2,4,6-7H2,1H3,(H,14,18)(H2,13,15,17)/t9-,10+/m0/s1. The predicted octanol–water partition coefficient (Wildman–Crippen LogP) is 0.550. The van der Waals surface area contributed by atoms with Crippen LogP contribution in [0.2, 0.25) is 0 Å². The van der Waals surface area contributed by atoms with Crippen molar-refractivity contribution in [2.75, 3.05) is 24.6 Å². The van der Waals surface area contributed by atoms with Crippen LogP contribution in [0.1, 0.15) is 19.6 Å². The Morgan fingerprint density at radius 2 is 2.52 bits per heavy atom. The topological polar surface area (TPSA) is 108 Å². The van der Waals surface area contributed by atoms with E-state index in [2.05, 4.69) is 10.3 Å². The van der Waals surface area contributed by atoms with Gasteiger partial charge in [0.1, 0.15) is 24.1 Å². The quantitative estimate of drug-likeness (QED) is 0.817. The zero-order chi connectivity index (χ0) is 15.2. The fraction of sp³-hybridized carbons (Fsp3) is 0.583. The van der Waals surface area contributed by atoms with E-state index in [1.54, 1.807) is 6.20 Å². The number of ether oxygens (including phenoxy) is 2. The molecule has 0 radical (unpaired) electrons. The van der Waals surface area contributed by atoms with Crippen LogP contribution in [-0.4, -0.2) is 40.0 Å². The molecule has 21 heavy (non-hydrogen) atoms. The van der Waals surface area contributed by atoms with Gasteiger partial charge in [-0.15, -0.1) is 11.8 Å². The van der Waals surface area contributed by atoms with E-state index in [1.165, 1.54) is 22.4 Å². The van der Waals surface area contributed by atoms with Gasteiger partial charge < -0.3 is 20.5 Å². The first-order chi connectivity index (χ1) is 10.1. The van der Waals surface area contributed by atoms with E-state index < -0.39 is 18.0 Å². The Hall–Kier alpha value is -1.74. The number of amides is 1. The molecule has 1 aliphatic heterocycles. The molecule has 0 aliphatic carbocycles. The minimum Gasteiger partial charge on any atom is -0.446 e. The summed E-state index contributed by atoms with van der Waals surface area (Å²) in [6, 6.07) is 1.54. The van der Waals surface area contributed by atoms with Gasteiger partial charge in [0.25, 0.3) is 0 Å². The van der Waals surface area contributed by atoms with Crippen molar-refractivity contribution in [2.24, 2.45) is 0 Å². The summed E-state index contributed by atoms with van der Waals surface area (Å²) in [5.41, 5.74) is 4.68. The van der Waals surface area contributed by atoms with E-state index in [9.17, 15) is 9.59 Å². The Bertz CT molecular complexity index is 550. The number of rotatable bonds is 5. The van der Waals surface area contributed by atoms with E-state index in [0.717, 1.165) is 6.42 Å². The zero-order valence-corrected chi connectivity index (χ0v) is 12.5. The van der Waals surface area contributed by atoms with Crippen LogP contribution in [-0.2, 0) is 9.47 Å². The lowest BCUT2D eigenvalue weighted by atomic mass is 10.5. The Morgan fingerprint density at radius 3 is 3.24 bits per heavy atom. The lowest BCUT2D eigenvalue weighted by Crippen LogP contribution is -2.30. The van der Waals surface area contributed by atoms with Crippen LogP contribution in [0.25, 0.3) is 0 Å². The molecule has 1 aliphatic rings. The second kappa shape index (κ2) is 7.32. The number of nitrogen functional groups attached to an aromatic ring is 1. The van der Waals surface area contributed by atoms with E-state index in [-0.39, 0.29) is 17.9 Å². The van der Waals surface area contributed by atoms with Crippen molar-refractivity contribution in [1.82, 2.24) is 14.9 Å². The van der Waals surface area contributed by atoms with Crippen LogP contribution in [0.5, 0.6) is 0 Å². The largest absolute Gasteiger partial charge is 0.446 e. The molecule has 2 atom stereocenters. The second-order valence-electron chi connectivity index (χ2n) is 4.42. The molecule has 1 aromatic rings. The highest BCUT2D eigenvalue weighted by Crippen LogP contribution is 2.30.